The van der Waals surface area contributed by atoms with Crippen LogP contribution in [0, 0.1) is 0 Å². The smallest absolute Gasteiger partial charge is 0.247 e. The molecule has 2 nitrogen and oxygen atoms in total. The van der Waals surface area contributed by atoms with Gasteiger partial charge in [-0.15, -0.1) is 0 Å². The first-order chi connectivity index (χ1) is 22.2. The lowest BCUT2D eigenvalue weighted by atomic mass is 9.92. The summed E-state index contributed by atoms with van der Waals surface area (Å²) < 4.78 is 2.64. The van der Waals surface area contributed by atoms with Gasteiger partial charge in [0.25, 0.3) is 5.82 Å². The third-order valence-electron chi connectivity index (χ3n) is 10.6. The SMILES string of the molecule is CCCCCCCCCCCCCCC(CCCCCCCCC)c1[nH]cc[n+]1C(C)CCCCCCCCCCCCCC. The molecule has 1 aromatic rings. The largest absolute Gasteiger partial charge is 0.257 e. The predicted octanol–water partition coefficient (Wildman–Crippen LogP) is 15.3. The third-order valence-corrected chi connectivity index (χ3v) is 10.6. The van der Waals surface area contributed by atoms with Crippen LogP contribution in [0.4, 0.5) is 0 Å². The summed E-state index contributed by atoms with van der Waals surface area (Å²) in [7, 11) is 0. The zero-order valence-corrected chi connectivity index (χ0v) is 31.8. The van der Waals surface area contributed by atoms with Gasteiger partial charge in [0.05, 0.1) is 12.0 Å². The number of imidazole rings is 1. The van der Waals surface area contributed by atoms with Gasteiger partial charge >= 0.3 is 0 Å². The highest BCUT2D eigenvalue weighted by Crippen LogP contribution is 2.27. The summed E-state index contributed by atoms with van der Waals surface area (Å²) in [4.78, 5) is 3.76. The Morgan fingerprint density at radius 3 is 1.04 bits per heavy atom. The van der Waals surface area contributed by atoms with Gasteiger partial charge in [-0.2, -0.15) is 0 Å². The molecule has 0 saturated carbocycles. The van der Waals surface area contributed by atoms with E-state index >= 15 is 0 Å². The first kappa shape index (κ1) is 42.2. The van der Waals surface area contributed by atoms with Gasteiger partial charge in [0, 0.05) is 0 Å². The van der Waals surface area contributed by atoms with Gasteiger partial charge in [0.1, 0.15) is 12.4 Å². The lowest BCUT2D eigenvalue weighted by Crippen LogP contribution is -2.41. The fourth-order valence-corrected chi connectivity index (χ4v) is 7.49. The number of aromatic amines is 1. The van der Waals surface area contributed by atoms with Crippen molar-refractivity contribution in [3.63, 3.8) is 0 Å². The maximum atomic E-state index is 3.76. The lowest BCUT2D eigenvalue weighted by molar-refractivity contribution is -0.727. The zero-order valence-electron chi connectivity index (χ0n) is 31.8. The molecular weight excluding hydrogens is 544 g/mol. The summed E-state index contributed by atoms with van der Waals surface area (Å²) in [5.41, 5.74) is 0. The van der Waals surface area contributed by atoms with Crippen molar-refractivity contribution in [2.75, 3.05) is 0 Å². The van der Waals surface area contributed by atoms with Crippen molar-refractivity contribution in [2.24, 2.45) is 0 Å². The third kappa shape index (κ3) is 25.0. The topological polar surface area (TPSA) is 19.7 Å². The molecule has 0 amide bonds. The van der Waals surface area contributed by atoms with Crippen LogP contribution < -0.4 is 4.57 Å². The summed E-state index contributed by atoms with van der Waals surface area (Å²) in [6, 6.07) is 0.618. The standard InChI is InChI=1S/C43H84N2/c1-5-8-11-14-17-19-21-23-25-28-30-33-36-41(4)45-40-39-44-43(45)42(37-34-31-27-16-13-10-7-3)38-35-32-29-26-24-22-20-18-15-12-9-6-2/h39-42H,5-38H2,1-4H3/p+1. The number of rotatable bonds is 36. The number of H-pyrrole nitrogens is 1. The van der Waals surface area contributed by atoms with Crippen molar-refractivity contribution < 1.29 is 4.57 Å². The van der Waals surface area contributed by atoms with E-state index in [4.69, 9.17) is 0 Å². The van der Waals surface area contributed by atoms with E-state index in [0.717, 1.165) is 0 Å². The highest BCUT2D eigenvalue weighted by atomic mass is 15.1. The average Bonchev–Trinajstić information content (AvgIpc) is 3.54. The Morgan fingerprint density at radius 1 is 0.422 bits per heavy atom. The first-order valence-corrected chi connectivity index (χ1v) is 21.3. The van der Waals surface area contributed by atoms with E-state index in [9.17, 15) is 0 Å². The lowest BCUT2D eigenvalue weighted by Gasteiger charge is -2.17. The molecule has 1 aromatic heterocycles. The quantitative estimate of drug-likeness (QED) is 0.0563. The summed E-state index contributed by atoms with van der Waals surface area (Å²) in [5.74, 6) is 2.25. The Bertz CT molecular complexity index is 694. The highest BCUT2D eigenvalue weighted by molar-refractivity contribution is 4.90. The maximum absolute atomic E-state index is 3.76. The molecule has 0 saturated heterocycles. The van der Waals surface area contributed by atoms with Crippen LogP contribution in [0.15, 0.2) is 12.4 Å². The Kier molecular flexibility index (Phi) is 31.1. The van der Waals surface area contributed by atoms with Crippen molar-refractivity contribution >= 4 is 0 Å². The minimum absolute atomic E-state index is 0.618. The second kappa shape index (κ2) is 33.1. The van der Waals surface area contributed by atoms with Crippen molar-refractivity contribution in [3.8, 4) is 0 Å². The Labute approximate surface area is 285 Å². The zero-order chi connectivity index (χ0) is 32.5. The molecule has 1 heterocycles. The number of aromatic nitrogens is 2. The van der Waals surface area contributed by atoms with Crippen LogP contribution >= 0.6 is 0 Å². The van der Waals surface area contributed by atoms with Crippen LogP contribution in [0.2, 0.25) is 0 Å². The number of nitrogens with zero attached hydrogens (tertiary/aromatic N) is 1. The van der Waals surface area contributed by atoms with Gasteiger partial charge < -0.3 is 0 Å². The van der Waals surface area contributed by atoms with E-state index in [1.54, 1.807) is 0 Å². The maximum Gasteiger partial charge on any atom is 0.257 e. The summed E-state index contributed by atoms with van der Waals surface area (Å²) >= 11 is 0. The molecule has 45 heavy (non-hydrogen) atoms. The normalized spacial score (nSPS) is 13.1. The fraction of sp³-hybridized carbons (Fsp3) is 0.930. The molecule has 0 aliphatic rings. The number of hydrogen-bond acceptors (Lipinski definition) is 0. The minimum Gasteiger partial charge on any atom is -0.247 e. The molecule has 0 aliphatic heterocycles. The first-order valence-electron chi connectivity index (χ1n) is 21.3. The van der Waals surface area contributed by atoms with Crippen molar-refractivity contribution in [1.29, 1.82) is 0 Å². The van der Waals surface area contributed by atoms with E-state index in [2.05, 4.69) is 49.6 Å². The second-order valence-corrected chi connectivity index (χ2v) is 15.1. The molecule has 0 aromatic carbocycles. The van der Waals surface area contributed by atoms with E-state index in [1.165, 1.54) is 224 Å². The Balaban J connectivity index is 2.36. The molecule has 1 rings (SSSR count). The molecule has 1 N–H and O–H groups in total. The van der Waals surface area contributed by atoms with Crippen LogP contribution in [-0.4, -0.2) is 4.98 Å². The molecule has 0 fully saturated rings. The number of hydrogen-bond donors (Lipinski definition) is 1. The number of unbranched alkanes of at least 4 members (excludes halogenated alkanes) is 28. The highest BCUT2D eigenvalue weighted by Gasteiger charge is 2.25. The van der Waals surface area contributed by atoms with Crippen LogP contribution in [0.1, 0.15) is 264 Å². The second-order valence-electron chi connectivity index (χ2n) is 15.1. The van der Waals surface area contributed by atoms with Crippen molar-refractivity contribution in [2.45, 2.75) is 258 Å². The molecule has 2 atom stereocenters. The molecule has 266 valence electrons. The van der Waals surface area contributed by atoms with Gasteiger partial charge in [0.15, 0.2) is 0 Å². The van der Waals surface area contributed by atoms with Crippen molar-refractivity contribution in [3.05, 3.63) is 18.2 Å². The molecule has 0 bridgehead atoms. The monoisotopic (exact) mass is 630 g/mol. The van der Waals surface area contributed by atoms with Gasteiger partial charge in [0.2, 0.25) is 0 Å². The minimum atomic E-state index is 0.618. The van der Waals surface area contributed by atoms with Gasteiger partial charge in [-0.05, 0) is 32.6 Å². The van der Waals surface area contributed by atoms with E-state index < -0.39 is 0 Å². The van der Waals surface area contributed by atoms with Crippen LogP contribution in [0.5, 0.6) is 0 Å². The van der Waals surface area contributed by atoms with Gasteiger partial charge in [-0.25, -0.2) is 9.55 Å². The van der Waals surface area contributed by atoms with Crippen LogP contribution in [-0.2, 0) is 0 Å². The average molecular weight is 630 g/mol. The summed E-state index contributed by atoms with van der Waals surface area (Å²) in [6.45, 7) is 9.43. The van der Waals surface area contributed by atoms with E-state index in [-0.39, 0.29) is 0 Å². The summed E-state index contributed by atoms with van der Waals surface area (Å²) in [5, 5.41) is 0. The fourth-order valence-electron chi connectivity index (χ4n) is 7.49. The van der Waals surface area contributed by atoms with Gasteiger partial charge in [-0.3, -0.25) is 0 Å². The Morgan fingerprint density at radius 2 is 0.711 bits per heavy atom. The molecular formula is C43H85N2+. The van der Waals surface area contributed by atoms with Crippen LogP contribution in [0.25, 0.3) is 0 Å². The predicted molar refractivity (Wildman–Crippen MR) is 202 cm³/mol. The summed E-state index contributed by atoms with van der Waals surface area (Å²) in [6.07, 6.45) is 53.1. The van der Waals surface area contributed by atoms with Gasteiger partial charge in [-0.1, -0.05) is 213 Å². The number of nitrogens with one attached hydrogen (secondary N) is 1. The molecule has 0 radical (unpaired) electrons. The molecule has 2 heteroatoms. The molecule has 2 unspecified atom stereocenters. The van der Waals surface area contributed by atoms with E-state index in [1.807, 2.05) is 0 Å². The van der Waals surface area contributed by atoms with Crippen LogP contribution in [0.3, 0.4) is 0 Å². The van der Waals surface area contributed by atoms with E-state index in [0.29, 0.717) is 12.0 Å². The molecule has 0 spiro atoms. The van der Waals surface area contributed by atoms with Crippen molar-refractivity contribution in [1.82, 2.24) is 4.98 Å². The molecule has 0 aliphatic carbocycles. The Hall–Kier alpha value is -0.790.